The van der Waals surface area contributed by atoms with Gasteiger partial charge in [-0.1, -0.05) is 39.9 Å². The number of benzene rings is 2. The maximum absolute atomic E-state index is 13.5. The van der Waals surface area contributed by atoms with Crippen LogP contribution in [-0.2, 0) is 16.0 Å². The second-order valence-corrected chi connectivity index (χ2v) is 18.1. The van der Waals surface area contributed by atoms with E-state index in [0.717, 1.165) is 28.1 Å². The molecule has 0 bridgehead atoms. The first-order valence-corrected chi connectivity index (χ1v) is 22.3. The van der Waals surface area contributed by atoms with Gasteiger partial charge in [0.25, 0.3) is 0 Å². The predicted octanol–water partition coefficient (Wildman–Crippen LogP) is 5.90. The third kappa shape index (κ3) is 11.5. The van der Waals surface area contributed by atoms with Gasteiger partial charge in [-0.3, -0.25) is 14.1 Å². The van der Waals surface area contributed by atoms with E-state index in [2.05, 4.69) is 73.0 Å². The van der Waals surface area contributed by atoms with Gasteiger partial charge in [-0.05, 0) is 131 Å². The lowest BCUT2D eigenvalue weighted by Gasteiger charge is -2.07. The fourth-order valence-corrected chi connectivity index (χ4v) is 7.53. The van der Waals surface area contributed by atoms with E-state index in [4.69, 9.17) is 13.8 Å². The SMILES string of the molecule is CP(C)NC(=O)CSc1nonc1-c1noc(=O)n1-c1ccc(F)c(Br)c1.CP(C)NC(=O)CSc1nonc1/C(Cc1ccc(F)c(Br)c1)=N/O. The second-order valence-electron chi connectivity index (χ2n) is 10.4. The fraction of sp³-hybridized carbons (Fsp3) is 0.250. The Hall–Kier alpha value is -3.55. The Morgan fingerprint density at radius 2 is 1.44 bits per heavy atom. The van der Waals surface area contributed by atoms with Gasteiger partial charge < -0.3 is 15.4 Å². The molecule has 0 unspecified atom stereocenters. The van der Waals surface area contributed by atoms with Crippen LogP contribution in [0, 0.1) is 11.6 Å². The molecule has 0 aliphatic rings. The fourth-order valence-electron chi connectivity index (χ4n) is 3.96. The lowest BCUT2D eigenvalue weighted by atomic mass is 10.1. The first-order valence-electron chi connectivity index (χ1n) is 14.3. The minimum atomic E-state index is -0.789. The standard InChI is InChI=1S/C14H12BrFN5O4PS.C14H15BrFN4O3PS/c1-26(2)20-10(22)6-27-13-11(17-25-19-13)12-18-24-14(23)21(12)7-3-4-9(16)8(15)5-7;1-24(2)20-12(21)7-25-14-13(18-23-19-14)11(17-22)6-8-3-4-10(16)9(15)5-8/h3-5H,6H2,1-2H3,(H,20,22);3-5,22H,6-7H2,1-2H3,(H,20,21)/b;17-11+. The van der Waals surface area contributed by atoms with Crippen LogP contribution in [0.4, 0.5) is 8.78 Å². The molecule has 0 radical (unpaired) electrons. The number of hydrogen-bond acceptors (Lipinski definition) is 15. The van der Waals surface area contributed by atoms with Gasteiger partial charge >= 0.3 is 5.76 Å². The van der Waals surface area contributed by atoms with E-state index < -0.39 is 27.7 Å². The lowest BCUT2D eigenvalue weighted by Crippen LogP contribution is -2.19. The first-order chi connectivity index (χ1) is 24.8. The number of hydrogen-bond donors (Lipinski definition) is 3. The number of halogens is 4. The number of oxime groups is 1. The zero-order valence-corrected chi connectivity index (χ0v) is 33.9. The summed E-state index contributed by atoms with van der Waals surface area (Å²) in [6.07, 6.45) is 0.193. The maximum Gasteiger partial charge on any atom is 0.446 e. The Labute approximate surface area is 321 Å². The van der Waals surface area contributed by atoms with Crippen LogP contribution in [0.1, 0.15) is 11.3 Å². The molecule has 3 heterocycles. The number of nitrogens with one attached hydrogen (secondary N) is 2. The summed E-state index contributed by atoms with van der Waals surface area (Å²) in [7, 11) is -1.12. The van der Waals surface area contributed by atoms with Gasteiger partial charge in [0.1, 0.15) is 17.3 Å². The molecule has 276 valence electrons. The van der Waals surface area contributed by atoms with Crippen molar-refractivity contribution in [2.45, 2.75) is 16.5 Å². The van der Waals surface area contributed by atoms with E-state index in [0.29, 0.717) is 20.7 Å². The highest BCUT2D eigenvalue weighted by Gasteiger charge is 2.24. The summed E-state index contributed by atoms with van der Waals surface area (Å²) in [5.74, 6) is -1.69. The van der Waals surface area contributed by atoms with Crippen LogP contribution in [-0.4, -0.2) is 91.2 Å². The third-order valence-electron chi connectivity index (χ3n) is 6.02. The van der Waals surface area contributed by atoms with Crippen molar-refractivity contribution in [3.63, 3.8) is 0 Å². The van der Waals surface area contributed by atoms with Gasteiger partial charge in [0.2, 0.25) is 17.6 Å². The zero-order chi connectivity index (χ0) is 37.9. The zero-order valence-electron chi connectivity index (χ0n) is 27.3. The van der Waals surface area contributed by atoms with Gasteiger partial charge in [-0.15, -0.1) is 0 Å². The molecule has 0 aliphatic carbocycles. The van der Waals surface area contributed by atoms with Crippen LogP contribution in [0.25, 0.3) is 17.2 Å². The maximum atomic E-state index is 13.5. The summed E-state index contributed by atoms with van der Waals surface area (Å²) in [6.45, 7) is 7.68. The van der Waals surface area contributed by atoms with Gasteiger partial charge in [-0.25, -0.2) is 27.4 Å². The average molecular weight is 925 g/mol. The molecule has 0 fully saturated rings. The van der Waals surface area contributed by atoms with Crippen LogP contribution >= 0.6 is 71.5 Å². The van der Waals surface area contributed by atoms with E-state index >= 15 is 0 Å². The Morgan fingerprint density at radius 3 is 2.04 bits per heavy atom. The molecular weight excluding hydrogens is 898 g/mol. The quantitative estimate of drug-likeness (QED) is 0.0412. The Kier molecular flexibility index (Phi) is 15.5. The molecule has 5 rings (SSSR count). The van der Waals surface area contributed by atoms with Crippen LogP contribution in [0.3, 0.4) is 0 Å². The summed E-state index contributed by atoms with van der Waals surface area (Å²) in [5, 5.41) is 37.5. The van der Waals surface area contributed by atoms with Crippen molar-refractivity contribution < 1.29 is 37.4 Å². The second kappa shape index (κ2) is 19.5. The van der Waals surface area contributed by atoms with Gasteiger partial charge in [0, 0.05) is 6.42 Å². The summed E-state index contributed by atoms with van der Waals surface area (Å²) in [5.41, 5.74) is 1.60. The first kappa shape index (κ1) is 41.2. The van der Waals surface area contributed by atoms with Crippen LogP contribution in [0.15, 0.2) is 79.1 Å². The Balaban J connectivity index is 0.000000234. The van der Waals surface area contributed by atoms with E-state index in [9.17, 15) is 28.4 Å². The van der Waals surface area contributed by atoms with Crippen LogP contribution in [0.2, 0.25) is 0 Å². The van der Waals surface area contributed by atoms with Crippen molar-refractivity contribution in [2.24, 2.45) is 5.16 Å². The van der Waals surface area contributed by atoms with Crippen molar-refractivity contribution in [3.05, 3.63) is 78.8 Å². The number of amides is 2. The summed E-state index contributed by atoms with van der Waals surface area (Å²) in [6, 6.07) is 8.44. The highest BCUT2D eigenvalue weighted by molar-refractivity contribution is 9.10. The smallest absolute Gasteiger partial charge is 0.411 e. The van der Waals surface area contributed by atoms with Crippen molar-refractivity contribution in [1.29, 1.82) is 0 Å². The molecule has 5 aromatic rings. The van der Waals surface area contributed by atoms with E-state index in [-0.39, 0.29) is 68.0 Å². The minimum absolute atomic E-state index is 0.0240. The van der Waals surface area contributed by atoms with Crippen molar-refractivity contribution >= 4 is 89.1 Å². The highest BCUT2D eigenvalue weighted by atomic mass is 79.9. The van der Waals surface area contributed by atoms with Gasteiger partial charge in [0.15, 0.2) is 21.4 Å². The van der Waals surface area contributed by atoms with E-state index in [1.54, 1.807) is 12.1 Å². The lowest BCUT2D eigenvalue weighted by molar-refractivity contribution is -0.117. The topological polar surface area (TPSA) is 217 Å². The van der Waals surface area contributed by atoms with Crippen LogP contribution in [0.5, 0.6) is 0 Å². The molecule has 0 saturated heterocycles. The molecule has 0 spiro atoms. The van der Waals surface area contributed by atoms with E-state index in [1.165, 1.54) is 24.3 Å². The van der Waals surface area contributed by atoms with Crippen LogP contribution < -0.4 is 15.9 Å². The predicted molar refractivity (Wildman–Crippen MR) is 199 cm³/mol. The molecule has 24 heteroatoms. The molecule has 16 nitrogen and oxygen atoms in total. The number of carbonyl (C=O) groups excluding carboxylic acids is 2. The molecule has 0 saturated carbocycles. The third-order valence-corrected chi connectivity index (χ3v) is 10.5. The Bertz CT molecular complexity index is 2110. The molecule has 3 aromatic heterocycles. The molecule has 2 amide bonds. The summed E-state index contributed by atoms with van der Waals surface area (Å²) < 4.78 is 42.6. The normalized spacial score (nSPS) is 11.5. The number of thioether (sulfide) groups is 2. The number of carbonyl (C=O) groups is 2. The van der Waals surface area contributed by atoms with Crippen molar-refractivity contribution in [1.82, 2.24) is 40.5 Å². The molecular formula is C28H27Br2F2N9O7P2S2. The molecule has 3 N–H and O–H groups in total. The molecule has 0 atom stereocenters. The molecule has 2 aromatic carbocycles. The summed E-state index contributed by atoms with van der Waals surface area (Å²) >= 11 is 8.40. The number of nitrogens with zero attached hydrogens (tertiary/aromatic N) is 7. The van der Waals surface area contributed by atoms with E-state index in [1.807, 2.05) is 26.7 Å². The minimum Gasteiger partial charge on any atom is -0.411 e. The average Bonchev–Trinajstić information content (AvgIpc) is 3.84. The number of rotatable bonds is 13. The Morgan fingerprint density at radius 1 is 0.865 bits per heavy atom. The van der Waals surface area contributed by atoms with Crippen molar-refractivity contribution in [2.75, 3.05) is 38.2 Å². The molecule has 0 aliphatic heterocycles. The number of aromatic nitrogens is 6. The largest absolute Gasteiger partial charge is 0.446 e. The van der Waals surface area contributed by atoms with Gasteiger partial charge in [0.05, 0.1) is 26.1 Å². The molecule has 52 heavy (non-hydrogen) atoms. The summed E-state index contributed by atoms with van der Waals surface area (Å²) in [4.78, 5) is 35.7. The highest BCUT2D eigenvalue weighted by Crippen LogP contribution is 2.30. The van der Waals surface area contributed by atoms with Crippen molar-refractivity contribution in [3.8, 4) is 17.2 Å². The monoisotopic (exact) mass is 923 g/mol. The van der Waals surface area contributed by atoms with Gasteiger partial charge in [-0.2, -0.15) is 0 Å².